The molecule has 7 heteroatoms. The van der Waals surface area contributed by atoms with E-state index in [1.54, 1.807) is 0 Å². The number of hydrogen-bond donors (Lipinski definition) is 2. The molecule has 1 saturated heterocycles. The van der Waals surface area contributed by atoms with Crippen molar-refractivity contribution in [3.05, 3.63) is 18.6 Å². The normalized spacial score (nSPS) is 39.0. The molecule has 1 aliphatic heterocycles. The molecule has 0 unspecified atom stereocenters. The summed E-state index contributed by atoms with van der Waals surface area (Å²) in [6.45, 7) is 4.21. The largest absolute Gasteiger partial charge is 0.396 e. The number of aliphatic hydroxyl groups is 1. The van der Waals surface area contributed by atoms with E-state index in [1.165, 1.54) is 6.33 Å². The first-order valence-electron chi connectivity index (χ1n) is 8.96. The van der Waals surface area contributed by atoms with Crippen LogP contribution in [0.15, 0.2) is 18.6 Å². The predicted molar refractivity (Wildman–Crippen MR) is 91.7 cm³/mol. The Labute approximate surface area is 146 Å². The molecular formula is C18H24N4O3. The Kier molecular flexibility index (Phi) is 3.07. The third-order valence-electron chi connectivity index (χ3n) is 6.27. The molecule has 0 amide bonds. The van der Waals surface area contributed by atoms with E-state index in [9.17, 15) is 5.11 Å². The van der Waals surface area contributed by atoms with Crippen molar-refractivity contribution in [3.63, 3.8) is 0 Å². The van der Waals surface area contributed by atoms with E-state index in [0.717, 1.165) is 30.3 Å². The van der Waals surface area contributed by atoms with Gasteiger partial charge in [0, 0.05) is 18.2 Å². The molecule has 3 aliphatic rings. The number of rotatable bonds is 2. The second kappa shape index (κ2) is 4.93. The molecule has 2 aliphatic carbocycles. The van der Waals surface area contributed by atoms with Crippen molar-refractivity contribution in [2.45, 2.75) is 57.1 Å². The smallest absolute Gasteiger partial charge is 0.163 e. The molecule has 0 radical (unpaired) electrons. The Bertz CT molecular complexity index is 827. The van der Waals surface area contributed by atoms with Gasteiger partial charge in [0.05, 0.1) is 17.5 Å². The molecule has 3 heterocycles. The first kappa shape index (κ1) is 15.5. The van der Waals surface area contributed by atoms with Gasteiger partial charge in [0.1, 0.15) is 23.9 Å². The summed E-state index contributed by atoms with van der Waals surface area (Å²) in [5.74, 6) is 0.300. The zero-order valence-corrected chi connectivity index (χ0v) is 14.6. The molecule has 2 saturated carbocycles. The fraction of sp³-hybridized carbons (Fsp3) is 0.667. The Morgan fingerprint density at radius 2 is 2.08 bits per heavy atom. The van der Waals surface area contributed by atoms with Gasteiger partial charge in [-0.3, -0.25) is 0 Å². The first-order valence-corrected chi connectivity index (χ1v) is 8.96. The summed E-state index contributed by atoms with van der Waals surface area (Å²) in [6.07, 6.45) is 6.56. The average Bonchev–Trinajstić information content (AvgIpc) is 3.16. The van der Waals surface area contributed by atoms with Crippen molar-refractivity contribution >= 4 is 16.9 Å². The molecule has 3 atom stereocenters. The third-order valence-corrected chi connectivity index (χ3v) is 6.27. The molecule has 0 aromatic carbocycles. The lowest BCUT2D eigenvalue weighted by Gasteiger charge is -2.48. The summed E-state index contributed by atoms with van der Waals surface area (Å²) < 4.78 is 14.8. The maximum absolute atomic E-state index is 9.49. The van der Waals surface area contributed by atoms with E-state index in [2.05, 4.69) is 14.5 Å². The topological polar surface area (TPSA) is 95.4 Å². The number of hydrogen-bond acceptors (Lipinski definition) is 6. The summed E-state index contributed by atoms with van der Waals surface area (Å²) >= 11 is 0. The summed E-state index contributed by atoms with van der Waals surface area (Å²) in [5, 5.41) is 10.4. The average molecular weight is 344 g/mol. The Morgan fingerprint density at radius 3 is 2.84 bits per heavy atom. The van der Waals surface area contributed by atoms with Crippen molar-refractivity contribution in [1.29, 1.82) is 0 Å². The highest BCUT2D eigenvalue weighted by molar-refractivity contribution is 5.86. The summed E-state index contributed by atoms with van der Waals surface area (Å²) in [4.78, 5) is 8.54. The monoisotopic (exact) mass is 344 g/mol. The van der Waals surface area contributed by atoms with Crippen LogP contribution in [0.1, 0.15) is 39.2 Å². The number of aromatic nitrogens is 3. The number of nitrogens with zero attached hydrogens (tertiary/aromatic N) is 3. The second-order valence-corrected chi connectivity index (χ2v) is 8.33. The maximum Gasteiger partial charge on any atom is 0.163 e. The lowest BCUT2D eigenvalue weighted by Crippen LogP contribution is -2.47. The minimum absolute atomic E-state index is 0.0126. The molecule has 5 rings (SSSR count). The zero-order valence-electron chi connectivity index (χ0n) is 14.6. The van der Waals surface area contributed by atoms with Crippen LogP contribution in [-0.2, 0) is 9.47 Å². The Balaban J connectivity index is 1.56. The number of anilines is 1. The molecular weight excluding hydrogens is 320 g/mol. The molecule has 1 spiro atoms. The van der Waals surface area contributed by atoms with Gasteiger partial charge in [-0.1, -0.05) is 0 Å². The van der Waals surface area contributed by atoms with Gasteiger partial charge < -0.3 is 24.9 Å². The van der Waals surface area contributed by atoms with Gasteiger partial charge in [-0.2, -0.15) is 0 Å². The van der Waals surface area contributed by atoms with Crippen LogP contribution in [0, 0.1) is 11.3 Å². The van der Waals surface area contributed by atoms with Gasteiger partial charge in [0.25, 0.3) is 0 Å². The Hall–Kier alpha value is -1.70. The van der Waals surface area contributed by atoms with Crippen molar-refractivity contribution in [2.75, 3.05) is 12.3 Å². The molecule has 2 aromatic heterocycles. The summed E-state index contributed by atoms with van der Waals surface area (Å²) in [7, 11) is 0. The molecule has 25 heavy (non-hydrogen) atoms. The van der Waals surface area contributed by atoms with Crippen LogP contribution in [0.2, 0.25) is 0 Å². The number of ether oxygens (including phenoxy) is 2. The molecule has 3 fully saturated rings. The highest BCUT2D eigenvalue weighted by atomic mass is 16.8. The molecule has 134 valence electrons. The van der Waals surface area contributed by atoms with E-state index < -0.39 is 5.79 Å². The van der Waals surface area contributed by atoms with Crippen LogP contribution < -0.4 is 5.73 Å². The summed E-state index contributed by atoms with van der Waals surface area (Å²) in [6, 6.07) is 2.13. The molecule has 2 aromatic rings. The van der Waals surface area contributed by atoms with Gasteiger partial charge in [-0.15, -0.1) is 0 Å². The van der Waals surface area contributed by atoms with Crippen LogP contribution in [0.3, 0.4) is 0 Å². The number of nitrogens with two attached hydrogens (primary N) is 1. The van der Waals surface area contributed by atoms with E-state index in [4.69, 9.17) is 15.2 Å². The van der Waals surface area contributed by atoms with Crippen LogP contribution >= 0.6 is 0 Å². The highest BCUT2D eigenvalue weighted by Gasteiger charge is 2.65. The van der Waals surface area contributed by atoms with E-state index in [0.29, 0.717) is 11.7 Å². The standard InChI is InChI=1S/C18H24N4O3/c1-17(2)24-13-12(7-18(14(13)25-17)5-10(6-18)8-23)22-4-3-11-15(19)20-9-21-16(11)22/h3-4,9-10,12-14,23H,5-8H2,1-2H3,(H2,19,20,21)/t10-,12-,13+,14+,18+/m1/s1. The van der Waals surface area contributed by atoms with Crippen molar-refractivity contribution in [1.82, 2.24) is 14.5 Å². The molecule has 3 N–H and O–H groups in total. The molecule has 0 bridgehead atoms. The number of fused-ring (bicyclic) bond motifs is 3. The summed E-state index contributed by atoms with van der Waals surface area (Å²) in [5.41, 5.74) is 6.93. The number of aliphatic hydroxyl groups excluding tert-OH is 1. The van der Waals surface area contributed by atoms with Gasteiger partial charge in [-0.25, -0.2) is 9.97 Å². The fourth-order valence-electron chi connectivity index (χ4n) is 5.33. The van der Waals surface area contributed by atoms with E-state index >= 15 is 0 Å². The maximum atomic E-state index is 9.49. The van der Waals surface area contributed by atoms with Crippen LogP contribution in [0.5, 0.6) is 0 Å². The SMILES string of the molecule is CC1(C)O[C@H]2[C@H](n3ccc4c(N)ncnc43)C[C@]3(C[C@H](CO)C3)[C@H]2O1. The van der Waals surface area contributed by atoms with Crippen molar-refractivity contribution in [2.24, 2.45) is 11.3 Å². The first-order chi connectivity index (χ1) is 11.9. The van der Waals surface area contributed by atoms with Crippen LogP contribution in [-0.4, -0.2) is 44.2 Å². The predicted octanol–water partition coefficient (Wildman–Crippen LogP) is 1.87. The third kappa shape index (κ3) is 2.09. The van der Waals surface area contributed by atoms with Crippen LogP contribution in [0.25, 0.3) is 11.0 Å². The highest BCUT2D eigenvalue weighted by Crippen LogP contribution is 2.63. The van der Waals surface area contributed by atoms with Crippen LogP contribution in [0.4, 0.5) is 5.82 Å². The lowest BCUT2D eigenvalue weighted by molar-refractivity contribution is -0.183. The van der Waals surface area contributed by atoms with Gasteiger partial charge >= 0.3 is 0 Å². The van der Waals surface area contributed by atoms with Crippen molar-refractivity contribution < 1.29 is 14.6 Å². The van der Waals surface area contributed by atoms with E-state index in [1.807, 2.05) is 26.1 Å². The molecule has 7 nitrogen and oxygen atoms in total. The lowest BCUT2D eigenvalue weighted by atomic mass is 9.60. The minimum Gasteiger partial charge on any atom is -0.396 e. The second-order valence-electron chi connectivity index (χ2n) is 8.33. The van der Waals surface area contributed by atoms with E-state index in [-0.39, 0.29) is 30.3 Å². The van der Waals surface area contributed by atoms with Gasteiger partial charge in [0.15, 0.2) is 5.79 Å². The van der Waals surface area contributed by atoms with Gasteiger partial charge in [-0.05, 0) is 45.1 Å². The van der Waals surface area contributed by atoms with Gasteiger partial charge in [0.2, 0.25) is 0 Å². The van der Waals surface area contributed by atoms with Crippen molar-refractivity contribution in [3.8, 4) is 0 Å². The number of nitrogen functional groups attached to an aromatic ring is 1. The minimum atomic E-state index is -0.581. The fourth-order valence-corrected chi connectivity index (χ4v) is 5.33. The quantitative estimate of drug-likeness (QED) is 0.863. The zero-order chi connectivity index (χ0) is 17.4. The Morgan fingerprint density at radius 1 is 1.28 bits per heavy atom.